The maximum absolute atomic E-state index is 12.2. The second-order valence-electron chi connectivity index (χ2n) is 6.06. The van der Waals surface area contributed by atoms with Gasteiger partial charge in [-0.25, -0.2) is 0 Å². The zero-order chi connectivity index (χ0) is 17.5. The van der Waals surface area contributed by atoms with Gasteiger partial charge in [0.25, 0.3) is 5.91 Å². The predicted octanol–water partition coefficient (Wildman–Crippen LogP) is 1.13. The fourth-order valence-corrected chi connectivity index (χ4v) is 2.75. The lowest BCUT2D eigenvalue weighted by Crippen LogP contribution is -2.51. The molecule has 1 aliphatic heterocycles. The molecule has 1 heterocycles. The number of anilines is 1. The van der Waals surface area contributed by atoms with Gasteiger partial charge in [0.1, 0.15) is 0 Å². The van der Waals surface area contributed by atoms with Crippen molar-refractivity contribution in [1.29, 1.82) is 0 Å². The quantitative estimate of drug-likeness (QED) is 0.794. The molecule has 130 valence electrons. The van der Waals surface area contributed by atoms with Crippen molar-refractivity contribution in [3.05, 3.63) is 29.8 Å². The van der Waals surface area contributed by atoms with Gasteiger partial charge in [-0.2, -0.15) is 0 Å². The molecule has 1 fully saturated rings. The number of hydrogen-bond donors (Lipinski definition) is 1. The van der Waals surface area contributed by atoms with Crippen molar-refractivity contribution in [1.82, 2.24) is 10.2 Å². The maximum Gasteiger partial charge on any atom is 0.287 e. The van der Waals surface area contributed by atoms with Gasteiger partial charge in [0.05, 0.1) is 6.54 Å². The van der Waals surface area contributed by atoms with E-state index in [-0.39, 0.29) is 18.9 Å². The molecule has 0 unspecified atom stereocenters. The third kappa shape index (κ3) is 4.81. The van der Waals surface area contributed by atoms with Crippen LogP contribution < -0.4 is 10.2 Å². The Labute approximate surface area is 142 Å². The molecule has 2 rings (SSSR count). The van der Waals surface area contributed by atoms with Gasteiger partial charge in [0, 0.05) is 38.3 Å². The highest BCUT2D eigenvalue weighted by atomic mass is 16.2. The number of nitrogens with zero attached hydrogens (tertiary/aromatic N) is 2. The standard InChI is InChI=1S/C18H25N3O3/c1-3-5-16(22)18(24)19-13-17(23)21-10-8-20(9-11-21)15-7-4-6-14(2)12-15/h4,6-7,12H,3,5,8-11,13H2,1-2H3,(H,19,24). The molecular formula is C18H25N3O3. The number of amides is 2. The minimum Gasteiger partial charge on any atom is -0.368 e. The van der Waals surface area contributed by atoms with Crippen LogP contribution in [0.3, 0.4) is 0 Å². The van der Waals surface area contributed by atoms with E-state index in [0.717, 1.165) is 13.1 Å². The van der Waals surface area contributed by atoms with Gasteiger partial charge in [-0.3, -0.25) is 14.4 Å². The average Bonchev–Trinajstić information content (AvgIpc) is 2.59. The van der Waals surface area contributed by atoms with E-state index in [1.807, 2.05) is 13.0 Å². The van der Waals surface area contributed by atoms with E-state index in [1.54, 1.807) is 4.90 Å². The van der Waals surface area contributed by atoms with Gasteiger partial charge in [-0.1, -0.05) is 19.1 Å². The van der Waals surface area contributed by atoms with E-state index < -0.39 is 11.7 Å². The molecule has 0 bridgehead atoms. The Morgan fingerprint density at radius 1 is 1.12 bits per heavy atom. The van der Waals surface area contributed by atoms with Crippen molar-refractivity contribution in [2.24, 2.45) is 0 Å². The molecule has 1 aromatic carbocycles. The van der Waals surface area contributed by atoms with Crippen LogP contribution in [-0.4, -0.2) is 55.2 Å². The smallest absolute Gasteiger partial charge is 0.287 e. The van der Waals surface area contributed by atoms with Crippen molar-refractivity contribution < 1.29 is 14.4 Å². The zero-order valence-corrected chi connectivity index (χ0v) is 14.4. The van der Waals surface area contributed by atoms with E-state index in [2.05, 4.69) is 35.3 Å². The maximum atomic E-state index is 12.2. The number of carbonyl (C=O) groups excluding carboxylic acids is 3. The summed E-state index contributed by atoms with van der Waals surface area (Å²) in [6.07, 6.45) is 0.844. The van der Waals surface area contributed by atoms with Crippen LogP contribution >= 0.6 is 0 Å². The summed E-state index contributed by atoms with van der Waals surface area (Å²) in [5, 5.41) is 2.42. The third-order valence-electron chi connectivity index (χ3n) is 4.13. The molecule has 0 spiro atoms. The molecule has 1 aromatic rings. The zero-order valence-electron chi connectivity index (χ0n) is 14.4. The summed E-state index contributed by atoms with van der Waals surface area (Å²) in [6.45, 7) is 6.54. The third-order valence-corrected chi connectivity index (χ3v) is 4.13. The van der Waals surface area contributed by atoms with E-state index in [4.69, 9.17) is 0 Å². The minimum absolute atomic E-state index is 0.112. The summed E-state index contributed by atoms with van der Waals surface area (Å²) in [5.41, 5.74) is 2.38. The van der Waals surface area contributed by atoms with Crippen molar-refractivity contribution >= 4 is 23.3 Å². The Balaban J connectivity index is 1.78. The Bertz CT molecular complexity index is 607. The first-order valence-electron chi connectivity index (χ1n) is 8.41. The minimum atomic E-state index is -0.663. The molecule has 0 saturated carbocycles. The number of piperazine rings is 1. The SMILES string of the molecule is CCCC(=O)C(=O)NCC(=O)N1CCN(c2cccc(C)c2)CC1. The molecule has 24 heavy (non-hydrogen) atoms. The summed E-state index contributed by atoms with van der Waals surface area (Å²) >= 11 is 0. The van der Waals surface area contributed by atoms with Crippen molar-refractivity contribution in [3.63, 3.8) is 0 Å². The number of hydrogen-bond acceptors (Lipinski definition) is 4. The monoisotopic (exact) mass is 331 g/mol. The molecule has 6 nitrogen and oxygen atoms in total. The summed E-state index contributed by atoms with van der Waals surface area (Å²) in [4.78, 5) is 39.1. The molecule has 2 amide bonds. The fraction of sp³-hybridized carbons (Fsp3) is 0.500. The number of aryl methyl sites for hydroxylation is 1. The second kappa shape index (κ2) is 8.47. The molecule has 0 aromatic heterocycles. The van der Waals surface area contributed by atoms with Crippen LogP contribution in [0.5, 0.6) is 0 Å². The summed E-state index contributed by atoms with van der Waals surface area (Å²) in [5.74, 6) is -1.27. The first kappa shape index (κ1) is 18.0. The summed E-state index contributed by atoms with van der Waals surface area (Å²) < 4.78 is 0. The van der Waals surface area contributed by atoms with Crippen LogP contribution in [0.4, 0.5) is 5.69 Å². The number of Topliss-reactive ketones (excluding diaryl/α,β-unsaturated/α-hetero) is 1. The molecule has 1 aliphatic rings. The number of ketones is 1. The first-order chi connectivity index (χ1) is 11.5. The average molecular weight is 331 g/mol. The molecule has 0 atom stereocenters. The topological polar surface area (TPSA) is 69.7 Å². The van der Waals surface area contributed by atoms with Gasteiger partial charge in [0.15, 0.2) is 0 Å². The lowest BCUT2D eigenvalue weighted by atomic mass is 10.2. The Kier molecular flexibility index (Phi) is 6.35. The van der Waals surface area contributed by atoms with E-state index in [9.17, 15) is 14.4 Å². The Hall–Kier alpha value is -2.37. The highest BCUT2D eigenvalue weighted by Gasteiger charge is 2.22. The number of nitrogens with one attached hydrogen (secondary N) is 1. The van der Waals surface area contributed by atoms with Crippen LogP contribution in [0.15, 0.2) is 24.3 Å². The second-order valence-corrected chi connectivity index (χ2v) is 6.06. The molecule has 6 heteroatoms. The highest BCUT2D eigenvalue weighted by Crippen LogP contribution is 2.17. The predicted molar refractivity (Wildman–Crippen MR) is 92.9 cm³/mol. The van der Waals surface area contributed by atoms with Gasteiger partial charge >= 0.3 is 0 Å². The van der Waals surface area contributed by atoms with Crippen LogP contribution in [-0.2, 0) is 14.4 Å². The Morgan fingerprint density at radius 3 is 2.46 bits per heavy atom. The molecule has 1 N–H and O–H groups in total. The van der Waals surface area contributed by atoms with E-state index in [0.29, 0.717) is 19.5 Å². The first-order valence-corrected chi connectivity index (χ1v) is 8.41. The van der Waals surface area contributed by atoms with Crippen LogP contribution in [0.1, 0.15) is 25.3 Å². The lowest BCUT2D eigenvalue weighted by Gasteiger charge is -2.36. The Morgan fingerprint density at radius 2 is 1.83 bits per heavy atom. The van der Waals surface area contributed by atoms with Crippen molar-refractivity contribution in [2.75, 3.05) is 37.6 Å². The summed E-state index contributed by atoms with van der Waals surface area (Å²) in [6, 6.07) is 8.30. The van der Waals surface area contributed by atoms with E-state index >= 15 is 0 Å². The van der Waals surface area contributed by atoms with Gasteiger partial charge in [-0.05, 0) is 31.0 Å². The van der Waals surface area contributed by atoms with Crippen molar-refractivity contribution in [3.8, 4) is 0 Å². The fourth-order valence-electron chi connectivity index (χ4n) is 2.75. The van der Waals surface area contributed by atoms with Crippen LogP contribution in [0.2, 0.25) is 0 Å². The normalized spacial score (nSPS) is 14.4. The number of carbonyl (C=O) groups is 3. The summed E-state index contributed by atoms with van der Waals surface area (Å²) in [7, 11) is 0. The number of rotatable bonds is 6. The largest absolute Gasteiger partial charge is 0.368 e. The van der Waals surface area contributed by atoms with Crippen molar-refractivity contribution in [2.45, 2.75) is 26.7 Å². The molecular weight excluding hydrogens is 306 g/mol. The van der Waals surface area contributed by atoms with Crippen LogP contribution in [0, 0.1) is 6.92 Å². The highest BCUT2D eigenvalue weighted by molar-refractivity contribution is 6.36. The molecule has 0 radical (unpaired) electrons. The van der Waals surface area contributed by atoms with Gasteiger partial charge in [0.2, 0.25) is 11.7 Å². The number of benzene rings is 1. The lowest BCUT2D eigenvalue weighted by molar-refractivity contribution is -0.139. The molecule has 0 aliphatic carbocycles. The molecule has 1 saturated heterocycles. The van der Waals surface area contributed by atoms with E-state index in [1.165, 1.54) is 11.3 Å². The van der Waals surface area contributed by atoms with Gasteiger partial charge in [-0.15, -0.1) is 0 Å². The van der Waals surface area contributed by atoms with Gasteiger partial charge < -0.3 is 15.1 Å². The van der Waals surface area contributed by atoms with Crippen LogP contribution in [0.25, 0.3) is 0 Å².